The highest BCUT2D eigenvalue weighted by molar-refractivity contribution is 6.54. The Bertz CT molecular complexity index is 634. The first-order valence-electron chi connectivity index (χ1n) is 5.50. The summed E-state index contributed by atoms with van der Waals surface area (Å²) in [4.78, 5) is 35.1. The number of nitrogens with two attached hydrogens (primary N) is 1. The molecule has 2 rings (SSSR count). The molecule has 0 amide bonds. The lowest BCUT2D eigenvalue weighted by Gasteiger charge is -2.22. The summed E-state index contributed by atoms with van der Waals surface area (Å²) in [7, 11) is 0. The van der Waals surface area contributed by atoms with Crippen LogP contribution in [0.2, 0.25) is 0 Å². The topological polar surface area (TPSA) is 138 Å². The number of carbonyl (C=O) groups is 3. The monoisotopic (exact) mass is 265 g/mol. The number of phenolic OH excluding ortho intramolecular Hbond substituents is 3. The van der Waals surface area contributed by atoms with Crippen LogP contribution in [-0.4, -0.2) is 38.7 Å². The van der Waals surface area contributed by atoms with Gasteiger partial charge in [0, 0.05) is 5.56 Å². The van der Waals surface area contributed by atoms with Gasteiger partial charge in [0.15, 0.2) is 17.3 Å². The summed E-state index contributed by atoms with van der Waals surface area (Å²) in [6.07, 6.45) is 0.0974. The number of phenols is 3. The largest absolute Gasteiger partial charge is 0.507 e. The Kier molecular flexibility index (Phi) is 2.78. The van der Waals surface area contributed by atoms with Crippen molar-refractivity contribution in [3.05, 3.63) is 16.7 Å². The van der Waals surface area contributed by atoms with Crippen molar-refractivity contribution in [3.63, 3.8) is 0 Å². The van der Waals surface area contributed by atoms with E-state index in [9.17, 15) is 29.7 Å². The van der Waals surface area contributed by atoms with E-state index in [4.69, 9.17) is 5.73 Å². The van der Waals surface area contributed by atoms with Crippen LogP contribution in [-0.2, 0) is 11.2 Å². The van der Waals surface area contributed by atoms with Gasteiger partial charge in [0.2, 0.25) is 11.6 Å². The molecular formula is C12H11NO6. The minimum absolute atomic E-state index is 0.0974. The van der Waals surface area contributed by atoms with Gasteiger partial charge in [0.05, 0.1) is 11.1 Å². The third kappa shape index (κ3) is 1.52. The summed E-state index contributed by atoms with van der Waals surface area (Å²) in [5, 5.41) is 29.4. The maximum atomic E-state index is 11.8. The predicted octanol–water partition coefficient (Wildman–Crippen LogP) is -0.359. The molecule has 0 spiro atoms. The van der Waals surface area contributed by atoms with Crippen LogP contribution in [0.4, 0.5) is 0 Å². The number of aromatic hydroxyl groups is 3. The zero-order chi connectivity index (χ0) is 14.5. The summed E-state index contributed by atoms with van der Waals surface area (Å²) in [5.74, 6) is -5.52. The van der Waals surface area contributed by atoms with Crippen molar-refractivity contribution < 1.29 is 29.7 Å². The van der Waals surface area contributed by atoms with Crippen molar-refractivity contribution in [2.75, 3.05) is 0 Å². The maximum absolute atomic E-state index is 11.8. The Morgan fingerprint density at radius 1 is 0.947 bits per heavy atom. The zero-order valence-corrected chi connectivity index (χ0v) is 9.93. The van der Waals surface area contributed by atoms with Crippen LogP contribution in [0.5, 0.6) is 17.2 Å². The van der Waals surface area contributed by atoms with Gasteiger partial charge in [0.1, 0.15) is 11.8 Å². The summed E-state index contributed by atoms with van der Waals surface area (Å²) in [5.41, 5.74) is 3.96. The first kappa shape index (κ1) is 13.0. The minimum atomic E-state index is -1.72. The van der Waals surface area contributed by atoms with E-state index in [-0.39, 0.29) is 12.0 Å². The van der Waals surface area contributed by atoms with E-state index in [0.29, 0.717) is 0 Å². The van der Waals surface area contributed by atoms with E-state index in [1.165, 1.54) is 0 Å². The summed E-state index contributed by atoms with van der Waals surface area (Å²) in [6, 6.07) is -1.72. The second-order valence-corrected chi connectivity index (χ2v) is 4.16. The van der Waals surface area contributed by atoms with Crippen molar-refractivity contribution in [1.29, 1.82) is 0 Å². The maximum Gasteiger partial charge on any atom is 0.235 e. The average Bonchev–Trinajstić information content (AvgIpc) is 2.38. The Hall–Kier alpha value is -2.41. The molecule has 19 heavy (non-hydrogen) atoms. The van der Waals surface area contributed by atoms with Crippen LogP contribution in [0.3, 0.4) is 0 Å². The Labute approximate surface area is 107 Å². The molecule has 1 atom stereocenters. The van der Waals surface area contributed by atoms with E-state index in [1.54, 1.807) is 6.92 Å². The normalized spacial score (nSPS) is 18.6. The van der Waals surface area contributed by atoms with Crippen molar-refractivity contribution in [2.24, 2.45) is 5.73 Å². The number of rotatable bonds is 1. The smallest absolute Gasteiger partial charge is 0.235 e. The number of Topliss-reactive ketones (excluding diaryl/α,β-unsaturated/α-hetero) is 3. The van der Waals surface area contributed by atoms with Gasteiger partial charge in [0.25, 0.3) is 0 Å². The van der Waals surface area contributed by atoms with Gasteiger partial charge in [-0.15, -0.1) is 0 Å². The number of carbonyl (C=O) groups excluding carboxylic acids is 3. The Morgan fingerprint density at radius 2 is 1.53 bits per heavy atom. The van der Waals surface area contributed by atoms with E-state index < -0.39 is 51.8 Å². The molecule has 1 unspecified atom stereocenters. The molecule has 0 bridgehead atoms. The quantitative estimate of drug-likeness (QED) is 0.235. The molecule has 7 nitrogen and oxygen atoms in total. The fraction of sp³-hybridized carbons (Fsp3) is 0.250. The van der Waals surface area contributed by atoms with Crippen LogP contribution < -0.4 is 5.73 Å². The van der Waals surface area contributed by atoms with Crippen molar-refractivity contribution in [1.82, 2.24) is 0 Å². The summed E-state index contributed by atoms with van der Waals surface area (Å²) >= 11 is 0. The molecule has 1 aromatic carbocycles. The van der Waals surface area contributed by atoms with Crippen molar-refractivity contribution in [3.8, 4) is 17.2 Å². The van der Waals surface area contributed by atoms with Gasteiger partial charge >= 0.3 is 0 Å². The average molecular weight is 265 g/mol. The highest BCUT2D eigenvalue weighted by atomic mass is 16.3. The van der Waals surface area contributed by atoms with E-state index >= 15 is 0 Å². The van der Waals surface area contributed by atoms with Crippen LogP contribution in [0, 0.1) is 0 Å². The second kappa shape index (κ2) is 4.06. The highest BCUT2D eigenvalue weighted by Crippen LogP contribution is 2.44. The minimum Gasteiger partial charge on any atom is -0.507 e. The SMILES string of the molecule is CCc1c(O)c(O)c2c(c1O)C(=O)C(=O)C(N)C2=O. The van der Waals surface area contributed by atoms with Crippen LogP contribution in [0.15, 0.2) is 0 Å². The second-order valence-electron chi connectivity index (χ2n) is 4.16. The molecule has 7 heteroatoms. The molecule has 1 aliphatic carbocycles. The van der Waals surface area contributed by atoms with Gasteiger partial charge < -0.3 is 21.1 Å². The summed E-state index contributed by atoms with van der Waals surface area (Å²) < 4.78 is 0. The van der Waals surface area contributed by atoms with Crippen molar-refractivity contribution in [2.45, 2.75) is 19.4 Å². The number of hydrogen-bond acceptors (Lipinski definition) is 7. The highest BCUT2D eigenvalue weighted by Gasteiger charge is 2.43. The third-order valence-electron chi connectivity index (χ3n) is 3.14. The molecule has 0 saturated heterocycles. The van der Waals surface area contributed by atoms with Crippen LogP contribution >= 0.6 is 0 Å². The lowest BCUT2D eigenvalue weighted by molar-refractivity contribution is -0.115. The van der Waals surface area contributed by atoms with Crippen molar-refractivity contribution >= 4 is 17.3 Å². The fourth-order valence-electron chi connectivity index (χ4n) is 2.10. The first-order chi connectivity index (χ1) is 8.82. The molecule has 0 aromatic heterocycles. The van der Waals surface area contributed by atoms with Gasteiger partial charge in [-0.25, -0.2) is 0 Å². The van der Waals surface area contributed by atoms with E-state index in [1.807, 2.05) is 0 Å². The van der Waals surface area contributed by atoms with Crippen LogP contribution in [0.25, 0.3) is 0 Å². The zero-order valence-electron chi connectivity index (χ0n) is 9.93. The Balaban J connectivity index is 2.92. The number of benzene rings is 1. The predicted molar refractivity (Wildman–Crippen MR) is 62.5 cm³/mol. The first-order valence-corrected chi connectivity index (χ1v) is 5.50. The molecule has 1 aliphatic rings. The van der Waals surface area contributed by atoms with E-state index in [2.05, 4.69) is 0 Å². The number of fused-ring (bicyclic) bond motifs is 1. The molecule has 0 heterocycles. The molecular weight excluding hydrogens is 254 g/mol. The molecule has 1 aromatic rings. The standard InChI is InChI=1S/C12H11NO6/c1-2-3-7(14)4-5(10(17)8(3)15)9(16)6(13)12(19)11(4)18/h6,14-15,17H,2,13H2,1H3. The molecule has 0 aliphatic heterocycles. The van der Waals surface area contributed by atoms with Gasteiger partial charge in [-0.05, 0) is 6.42 Å². The van der Waals surface area contributed by atoms with Gasteiger partial charge in [-0.3, -0.25) is 14.4 Å². The number of ketones is 3. The van der Waals surface area contributed by atoms with Gasteiger partial charge in [-0.1, -0.05) is 6.92 Å². The lowest BCUT2D eigenvalue weighted by atomic mass is 9.82. The Morgan fingerprint density at radius 3 is 2.05 bits per heavy atom. The van der Waals surface area contributed by atoms with Gasteiger partial charge in [-0.2, -0.15) is 0 Å². The van der Waals surface area contributed by atoms with Crippen LogP contribution in [0.1, 0.15) is 33.2 Å². The molecule has 0 fully saturated rings. The molecule has 100 valence electrons. The third-order valence-corrected chi connectivity index (χ3v) is 3.14. The molecule has 5 N–H and O–H groups in total. The number of hydrogen-bond donors (Lipinski definition) is 4. The molecule has 0 radical (unpaired) electrons. The fourth-order valence-corrected chi connectivity index (χ4v) is 2.10. The molecule has 0 saturated carbocycles. The lowest BCUT2D eigenvalue weighted by Crippen LogP contribution is -2.47. The van der Waals surface area contributed by atoms with E-state index in [0.717, 1.165) is 0 Å². The summed E-state index contributed by atoms with van der Waals surface area (Å²) in [6.45, 7) is 1.56.